The van der Waals surface area contributed by atoms with Crippen LogP contribution in [0.1, 0.15) is 5.56 Å². The molecule has 0 atom stereocenters. The third-order valence-electron chi connectivity index (χ3n) is 2.61. The number of carbonyl (C=O) groups is 1. The summed E-state index contributed by atoms with van der Waals surface area (Å²) in [7, 11) is 1.56. The second kappa shape index (κ2) is 4.75. The van der Waals surface area contributed by atoms with Gasteiger partial charge in [-0.05, 0) is 34.5 Å². The van der Waals surface area contributed by atoms with E-state index in [1.165, 1.54) is 4.90 Å². The molecule has 2 aromatic rings. The van der Waals surface area contributed by atoms with Crippen molar-refractivity contribution in [2.75, 3.05) is 7.05 Å². The number of halogens is 1. The fourth-order valence-electron chi connectivity index (χ4n) is 1.71. The predicted molar refractivity (Wildman–Crippen MR) is 71.1 cm³/mol. The van der Waals surface area contributed by atoms with Crippen molar-refractivity contribution >= 4 is 32.8 Å². The predicted octanol–water partition coefficient (Wildman–Crippen LogP) is 3.71. The Morgan fingerprint density at radius 2 is 1.88 bits per heavy atom. The van der Waals surface area contributed by atoms with Crippen molar-refractivity contribution in [3.05, 3.63) is 46.4 Å². The molecule has 0 saturated heterocycles. The Hall–Kier alpha value is -1.55. The van der Waals surface area contributed by atoms with Crippen LogP contribution in [0.15, 0.2) is 40.9 Å². The molecule has 1 amide bonds. The van der Waals surface area contributed by atoms with Gasteiger partial charge in [-0.3, -0.25) is 0 Å². The molecule has 2 rings (SSSR count). The summed E-state index contributed by atoms with van der Waals surface area (Å²) >= 11 is 3.42. The zero-order chi connectivity index (χ0) is 12.4. The van der Waals surface area contributed by atoms with Gasteiger partial charge in [-0.2, -0.15) is 0 Å². The van der Waals surface area contributed by atoms with Crippen LogP contribution in [0, 0.1) is 0 Å². The maximum Gasteiger partial charge on any atom is 0.407 e. The molecule has 4 heteroatoms. The lowest BCUT2D eigenvalue weighted by Crippen LogP contribution is -2.23. The van der Waals surface area contributed by atoms with Gasteiger partial charge in [-0.15, -0.1) is 0 Å². The summed E-state index contributed by atoms with van der Waals surface area (Å²) in [5, 5.41) is 11.1. The van der Waals surface area contributed by atoms with Crippen LogP contribution in [0.4, 0.5) is 4.79 Å². The molecule has 0 aliphatic heterocycles. The normalized spacial score (nSPS) is 10.5. The van der Waals surface area contributed by atoms with Crippen molar-refractivity contribution in [1.29, 1.82) is 0 Å². The summed E-state index contributed by atoms with van der Waals surface area (Å²) in [5.74, 6) is 0. The molecular formula is C13H12BrNO2. The number of fused-ring (bicyclic) bond motifs is 1. The first kappa shape index (κ1) is 11.9. The minimum atomic E-state index is -0.916. The maximum absolute atomic E-state index is 10.7. The molecule has 2 aromatic carbocycles. The van der Waals surface area contributed by atoms with E-state index in [1.807, 2.05) is 36.4 Å². The second-order valence-corrected chi connectivity index (χ2v) is 4.88. The van der Waals surface area contributed by atoms with Crippen molar-refractivity contribution < 1.29 is 9.90 Å². The molecule has 3 nitrogen and oxygen atoms in total. The summed E-state index contributed by atoms with van der Waals surface area (Å²) in [4.78, 5) is 12.0. The average Bonchev–Trinajstić information content (AvgIpc) is 2.29. The van der Waals surface area contributed by atoms with Crippen LogP contribution < -0.4 is 0 Å². The molecule has 0 aromatic heterocycles. The highest BCUT2D eigenvalue weighted by atomic mass is 79.9. The third kappa shape index (κ3) is 2.77. The van der Waals surface area contributed by atoms with Gasteiger partial charge < -0.3 is 10.0 Å². The lowest BCUT2D eigenvalue weighted by molar-refractivity contribution is 0.154. The van der Waals surface area contributed by atoms with Gasteiger partial charge in [0.05, 0.1) is 0 Å². The monoisotopic (exact) mass is 293 g/mol. The van der Waals surface area contributed by atoms with Gasteiger partial charge in [0.25, 0.3) is 0 Å². The first-order chi connectivity index (χ1) is 8.06. The number of nitrogens with zero attached hydrogens (tertiary/aromatic N) is 1. The van der Waals surface area contributed by atoms with Crippen molar-refractivity contribution in [3.63, 3.8) is 0 Å². The van der Waals surface area contributed by atoms with E-state index in [0.717, 1.165) is 20.8 Å². The molecule has 88 valence electrons. The van der Waals surface area contributed by atoms with Gasteiger partial charge in [-0.1, -0.05) is 34.1 Å². The van der Waals surface area contributed by atoms with E-state index in [2.05, 4.69) is 15.9 Å². The zero-order valence-electron chi connectivity index (χ0n) is 9.35. The lowest BCUT2D eigenvalue weighted by atomic mass is 10.1. The van der Waals surface area contributed by atoms with Crippen LogP contribution >= 0.6 is 15.9 Å². The number of hydrogen-bond acceptors (Lipinski definition) is 1. The van der Waals surface area contributed by atoms with Crippen molar-refractivity contribution in [2.24, 2.45) is 0 Å². The molecule has 0 unspecified atom stereocenters. The number of hydrogen-bond donors (Lipinski definition) is 1. The van der Waals surface area contributed by atoms with Crippen LogP contribution in [-0.2, 0) is 6.54 Å². The first-order valence-electron chi connectivity index (χ1n) is 5.18. The highest BCUT2D eigenvalue weighted by Crippen LogP contribution is 2.21. The standard InChI is InChI=1S/C13H12BrNO2/c1-15(13(16)17)8-9-2-3-11-7-12(14)5-4-10(11)6-9/h2-7H,8H2,1H3,(H,16,17). The van der Waals surface area contributed by atoms with Gasteiger partial charge in [0.15, 0.2) is 0 Å². The van der Waals surface area contributed by atoms with E-state index in [0.29, 0.717) is 6.54 Å². The Labute approximate surface area is 108 Å². The van der Waals surface area contributed by atoms with Crippen molar-refractivity contribution in [3.8, 4) is 0 Å². The molecule has 1 N–H and O–H groups in total. The van der Waals surface area contributed by atoms with Crippen LogP contribution in [0.2, 0.25) is 0 Å². The fourth-order valence-corrected chi connectivity index (χ4v) is 2.08. The van der Waals surface area contributed by atoms with Crippen LogP contribution in [0.25, 0.3) is 10.8 Å². The van der Waals surface area contributed by atoms with Crippen molar-refractivity contribution in [2.45, 2.75) is 6.54 Å². The van der Waals surface area contributed by atoms with E-state index >= 15 is 0 Å². The average molecular weight is 294 g/mol. The molecule has 0 bridgehead atoms. The summed E-state index contributed by atoms with van der Waals surface area (Å²) in [6.07, 6.45) is -0.916. The summed E-state index contributed by atoms with van der Waals surface area (Å²) in [5.41, 5.74) is 0.990. The molecule has 0 fully saturated rings. The molecule has 0 spiro atoms. The molecule has 0 aliphatic carbocycles. The van der Waals surface area contributed by atoms with Crippen molar-refractivity contribution in [1.82, 2.24) is 4.90 Å². The minimum absolute atomic E-state index is 0.404. The number of carboxylic acid groups (broad SMARTS) is 1. The van der Waals surface area contributed by atoms with Gasteiger partial charge in [0.2, 0.25) is 0 Å². The quantitative estimate of drug-likeness (QED) is 0.917. The Morgan fingerprint density at radius 3 is 2.59 bits per heavy atom. The molecule has 0 saturated carbocycles. The fraction of sp³-hybridized carbons (Fsp3) is 0.154. The largest absolute Gasteiger partial charge is 0.465 e. The smallest absolute Gasteiger partial charge is 0.407 e. The maximum atomic E-state index is 10.7. The van der Waals surface area contributed by atoms with E-state index in [9.17, 15) is 4.79 Å². The topological polar surface area (TPSA) is 40.5 Å². The Morgan fingerprint density at radius 1 is 1.24 bits per heavy atom. The van der Waals surface area contributed by atoms with Crippen LogP contribution in [0.5, 0.6) is 0 Å². The van der Waals surface area contributed by atoms with Crippen LogP contribution in [0.3, 0.4) is 0 Å². The number of benzene rings is 2. The van der Waals surface area contributed by atoms with Gasteiger partial charge >= 0.3 is 6.09 Å². The third-order valence-corrected chi connectivity index (χ3v) is 3.11. The molecular weight excluding hydrogens is 282 g/mol. The van der Waals surface area contributed by atoms with Crippen LogP contribution in [-0.4, -0.2) is 23.1 Å². The highest BCUT2D eigenvalue weighted by Gasteiger charge is 2.06. The Balaban J connectivity index is 2.32. The van der Waals surface area contributed by atoms with Gasteiger partial charge in [-0.25, -0.2) is 4.79 Å². The summed E-state index contributed by atoms with van der Waals surface area (Å²) in [6.45, 7) is 0.404. The Bertz CT molecular complexity index is 568. The first-order valence-corrected chi connectivity index (χ1v) is 5.98. The SMILES string of the molecule is CN(Cc1ccc2cc(Br)ccc2c1)C(=O)O. The molecule has 17 heavy (non-hydrogen) atoms. The highest BCUT2D eigenvalue weighted by molar-refractivity contribution is 9.10. The second-order valence-electron chi connectivity index (χ2n) is 3.96. The molecule has 0 radical (unpaired) electrons. The molecule has 0 heterocycles. The van der Waals surface area contributed by atoms with E-state index in [-0.39, 0.29) is 0 Å². The van der Waals surface area contributed by atoms with E-state index in [4.69, 9.17) is 5.11 Å². The Kier molecular flexibility index (Phi) is 3.33. The summed E-state index contributed by atoms with van der Waals surface area (Å²) < 4.78 is 1.04. The van der Waals surface area contributed by atoms with E-state index < -0.39 is 6.09 Å². The lowest BCUT2D eigenvalue weighted by Gasteiger charge is -2.13. The minimum Gasteiger partial charge on any atom is -0.465 e. The number of rotatable bonds is 2. The zero-order valence-corrected chi connectivity index (χ0v) is 10.9. The van der Waals surface area contributed by atoms with Gasteiger partial charge in [0.1, 0.15) is 0 Å². The summed E-state index contributed by atoms with van der Waals surface area (Å²) in [6, 6.07) is 12.0. The molecule has 0 aliphatic rings. The van der Waals surface area contributed by atoms with Gasteiger partial charge in [0, 0.05) is 18.1 Å². The van der Waals surface area contributed by atoms with E-state index in [1.54, 1.807) is 7.05 Å². The number of amides is 1.